The van der Waals surface area contributed by atoms with E-state index >= 15 is 0 Å². The Hall–Kier alpha value is -2.99. The van der Waals surface area contributed by atoms with Gasteiger partial charge in [0.05, 0.1) is 26.9 Å². The SMILES string of the molecule is CCCOc1ccc(C=CC(=O)Nc2cccc(N3CCOCC3)c2)cc1OC. The summed E-state index contributed by atoms with van der Waals surface area (Å²) in [7, 11) is 1.61. The maximum atomic E-state index is 12.3. The number of benzene rings is 2. The lowest BCUT2D eigenvalue weighted by Crippen LogP contribution is -2.36. The third-order valence-corrected chi connectivity index (χ3v) is 4.57. The number of anilines is 2. The Morgan fingerprint density at radius 1 is 1.17 bits per heavy atom. The Bertz CT molecular complexity index is 845. The Kier molecular flexibility index (Phi) is 7.53. The zero-order valence-corrected chi connectivity index (χ0v) is 17.0. The van der Waals surface area contributed by atoms with Gasteiger partial charge in [-0.1, -0.05) is 19.1 Å². The van der Waals surface area contributed by atoms with Crippen LogP contribution in [0, 0.1) is 0 Å². The van der Waals surface area contributed by atoms with Gasteiger partial charge in [0.15, 0.2) is 11.5 Å². The largest absolute Gasteiger partial charge is 0.493 e. The van der Waals surface area contributed by atoms with Gasteiger partial charge in [0.1, 0.15) is 0 Å². The minimum Gasteiger partial charge on any atom is -0.493 e. The van der Waals surface area contributed by atoms with Crippen LogP contribution in [0.3, 0.4) is 0 Å². The van der Waals surface area contributed by atoms with Crippen molar-refractivity contribution in [3.63, 3.8) is 0 Å². The molecular weight excluding hydrogens is 368 g/mol. The second-order valence-corrected chi connectivity index (χ2v) is 6.73. The lowest BCUT2D eigenvalue weighted by Gasteiger charge is -2.29. The minimum absolute atomic E-state index is 0.186. The highest BCUT2D eigenvalue weighted by Gasteiger charge is 2.11. The van der Waals surface area contributed by atoms with Gasteiger partial charge in [-0.2, -0.15) is 0 Å². The number of carbonyl (C=O) groups excluding carboxylic acids is 1. The minimum atomic E-state index is -0.186. The maximum Gasteiger partial charge on any atom is 0.248 e. The summed E-state index contributed by atoms with van der Waals surface area (Å²) in [6.07, 6.45) is 4.20. The fraction of sp³-hybridized carbons (Fsp3) is 0.348. The summed E-state index contributed by atoms with van der Waals surface area (Å²) in [5.74, 6) is 1.17. The maximum absolute atomic E-state index is 12.3. The zero-order valence-electron chi connectivity index (χ0n) is 17.0. The fourth-order valence-electron chi connectivity index (χ4n) is 3.08. The highest BCUT2D eigenvalue weighted by Crippen LogP contribution is 2.28. The summed E-state index contributed by atoms with van der Waals surface area (Å²) >= 11 is 0. The van der Waals surface area contributed by atoms with Crippen molar-refractivity contribution in [2.45, 2.75) is 13.3 Å². The molecule has 0 bridgehead atoms. The van der Waals surface area contributed by atoms with E-state index in [-0.39, 0.29) is 5.91 Å². The first-order valence-electron chi connectivity index (χ1n) is 9.92. The lowest BCUT2D eigenvalue weighted by atomic mass is 10.2. The molecule has 0 spiro atoms. The van der Waals surface area contributed by atoms with Crippen LogP contribution < -0.4 is 19.7 Å². The molecule has 0 unspecified atom stereocenters. The van der Waals surface area contributed by atoms with Crippen LogP contribution in [-0.4, -0.2) is 45.9 Å². The van der Waals surface area contributed by atoms with E-state index in [1.54, 1.807) is 13.2 Å². The smallest absolute Gasteiger partial charge is 0.248 e. The van der Waals surface area contributed by atoms with E-state index < -0.39 is 0 Å². The molecule has 0 aromatic heterocycles. The van der Waals surface area contributed by atoms with E-state index in [9.17, 15) is 4.79 Å². The molecule has 1 saturated heterocycles. The number of amides is 1. The van der Waals surface area contributed by atoms with Gasteiger partial charge >= 0.3 is 0 Å². The molecule has 0 radical (unpaired) electrons. The van der Waals surface area contributed by atoms with Crippen LogP contribution in [0.5, 0.6) is 11.5 Å². The number of hydrogen-bond donors (Lipinski definition) is 1. The highest BCUT2D eigenvalue weighted by molar-refractivity contribution is 6.02. The predicted octanol–water partition coefficient (Wildman–Crippen LogP) is 3.97. The molecule has 6 heteroatoms. The highest BCUT2D eigenvalue weighted by atomic mass is 16.5. The molecule has 6 nitrogen and oxygen atoms in total. The number of rotatable bonds is 8. The van der Waals surface area contributed by atoms with Crippen molar-refractivity contribution in [2.75, 3.05) is 50.2 Å². The summed E-state index contributed by atoms with van der Waals surface area (Å²) in [5.41, 5.74) is 2.72. The third-order valence-electron chi connectivity index (χ3n) is 4.57. The van der Waals surface area contributed by atoms with Gasteiger partial charge in [-0.15, -0.1) is 0 Å². The average Bonchev–Trinajstić information content (AvgIpc) is 2.77. The van der Waals surface area contributed by atoms with Gasteiger partial charge < -0.3 is 24.4 Å². The Labute approximate surface area is 172 Å². The summed E-state index contributed by atoms with van der Waals surface area (Å²) in [4.78, 5) is 14.6. The van der Waals surface area contributed by atoms with Crippen LogP contribution in [-0.2, 0) is 9.53 Å². The number of morpholine rings is 1. The molecule has 1 fully saturated rings. The van der Waals surface area contributed by atoms with Crippen LogP contribution in [0.2, 0.25) is 0 Å². The first kappa shape index (κ1) is 20.7. The Morgan fingerprint density at radius 3 is 2.76 bits per heavy atom. The van der Waals surface area contributed by atoms with Gasteiger partial charge in [-0.05, 0) is 48.4 Å². The van der Waals surface area contributed by atoms with E-state index in [1.807, 2.05) is 42.5 Å². The second kappa shape index (κ2) is 10.5. The molecule has 2 aromatic carbocycles. The van der Waals surface area contributed by atoms with Crippen molar-refractivity contribution < 1.29 is 19.0 Å². The molecule has 3 rings (SSSR count). The summed E-state index contributed by atoms with van der Waals surface area (Å²) in [6, 6.07) is 13.5. The van der Waals surface area contributed by atoms with Crippen LogP contribution >= 0.6 is 0 Å². The van der Waals surface area contributed by atoms with Gasteiger partial charge in [-0.25, -0.2) is 0 Å². The van der Waals surface area contributed by atoms with Crippen molar-refractivity contribution in [2.24, 2.45) is 0 Å². The van der Waals surface area contributed by atoms with Crippen molar-refractivity contribution >= 4 is 23.4 Å². The molecule has 1 aliphatic rings. The van der Waals surface area contributed by atoms with Gasteiger partial charge in [0.2, 0.25) is 5.91 Å². The Morgan fingerprint density at radius 2 is 2.00 bits per heavy atom. The first-order valence-corrected chi connectivity index (χ1v) is 9.92. The van der Waals surface area contributed by atoms with Gasteiger partial charge in [-0.3, -0.25) is 4.79 Å². The molecule has 1 heterocycles. The molecule has 0 saturated carbocycles. The van der Waals surface area contributed by atoms with Gasteiger partial charge in [0.25, 0.3) is 0 Å². The number of ether oxygens (including phenoxy) is 3. The molecule has 0 aliphatic carbocycles. The molecule has 1 amide bonds. The molecule has 0 atom stereocenters. The molecule has 2 aromatic rings. The molecular formula is C23H28N2O4. The third kappa shape index (κ3) is 5.99. The van der Waals surface area contributed by atoms with Crippen LogP contribution in [0.15, 0.2) is 48.5 Å². The zero-order chi connectivity index (χ0) is 20.5. The van der Waals surface area contributed by atoms with Crippen molar-refractivity contribution in [1.82, 2.24) is 0 Å². The van der Waals surface area contributed by atoms with Crippen molar-refractivity contribution in [1.29, 1.82) is 0 Å². The lowest BCUT2D eigenvalue weighted by molar-refractivity contribution is -0.111. The Balaban J connectivity index is 1.62. The fourth-order valence-corrected chi connectivity index (χ4v) is 3.08. The van der Waals surface area contributed by atoms with Crippen molar-refractivity contribution in [3.8, 4) is 11.5 Å². The summed E-state index contributed by atoms with van der Waals surface area (Å²) < 4.78 is 16.4. The van der Waals surface area contributed by atoms with Crippen molar-refractivity contribution in [3.05, 3.63) is 54.1 Å². The average molecular weight is 396 g/mol. The summed E-state index contributed by atoms with van der Waals surface area (Å²) in [5, 5.41) is 2.92. The van der Waals surface area contributed by atoms with E-state index in [0.717, 1.165) is 49.7 Å². The molecule has 1 aliphatic heterocycles. The molecule has 1 N–H and O–H groups in total. The normalized spacial score (nSPS) is 14.1. The van der Waals surface area contributed by atoms with Gasteiger partial charge in [0, 0.05) is 30.5 Å². The van der Waals surface area contributed by atoms with E-state index in [2.05, 4.69) is 17.1 Å². The first-order chi connectivity index (χ1) is 14.2. The second-order valence-electron chi connectivity index (χ2n) is 6.73. The number of carbonyl (C=O) groups is 1. The van der Waals surface area contributed by atoms with E-state index in [0.29, 0.717) is 18.1 Å². The van der Waals surface area contributed by atoms with Crippen LogP contribution in [0.4, 0.5) is 11.4 Å². The number of hydrogen-bond acceptors (Lipinski definition) is 5. The van der Waals surface area contributed by atoms with Crippen LogP contribution in [0.25, 0.3) is 6.08 Å². The number of methoxy groups -OCH3 is 1. The number of nitrogens with one attached hydrogen (secondary N) is 1. The molecule has 154 valence electrons. The van der Waals surface area contributed by atoms with E-state index in [1.165, 1.54) is 6.08 Å². The quantitative estimate of drug-likeness (QED) is 0.684. The monoisotopic (exact) mass is 396 g/mol. The number of nitrogens with zero attached hydrogens (tertiary/aromatic N) is 1. The van der Waals surface area contributed by atoms with E-state index in [4.69, 9.17) is 14.2 Å². The standard InChI is InChI=1S/C23H28N2O4/c1-3-13-29-21-9-7-18(16-22(21)27-2)8-10-23(26)24-19-5-4-6-20(17-19)25-11-14-28-15-12-25/h4-10,16-17H,3,11-15H2,1-2H3,(H,24,26). The molecule has 29 heavy (non-hydrogen) atoms. The summed E-state index contributed by atoms with van der Waals surface area (Å²) in [6.45, 7) is 5.86. The predicted molar refractivity (Wildman–Crippen MR) is 116 cm³/mol. The topological polar surface area (TPSA) is 60.0 Å². The van der Waals surface area contributed by atoms with Crippen LogP contribution in [0.1, 0.15) is 18.9 Å².